The smallest absolute Gasteiger partial charge is 0.305 e. The van der Waals surface area contributed by atoms with Crippen LogP contribution in [0.1, 0.15) is 78.1 Å². The van der Waals surface area contributed by atoms with Crippen LogP contribution in [0.5, 0.6) is 0 Å². The van der Waals surface area contributed by atoms with Crippen LogP contribution in [0.2, 0.25) is 0 Å². The Labute approximate surface area is 174 Å². The Bertz CT molecular complexity index is 556. The normalized spacial score (nSPS) is 24.0. The van der Waals surface area contributed by atoms with Crippen molar-refractivity contribution >= 4 is 17.5 Å². The van der Waals surface area contributed by atoms with E-state index < -0.39 is 24.0 Å². The van der Waals surface area contributed by atoms with Crippen molar-refractivity contribution in [1.29, 1.82) is 0 Å². The summed E-state index contributed by atoms with van der Waals surface area (Å²) in [6.07, 6.45) is 7.86. The van der Waals surface area contributed by atoms with Gasteiger partial charge in [-0.25, -0.2) is 0 Å². The van der Waals surface area contributed by atoms with E-state index in [1.807, 2.05) is 0 Å². The Hall–Kier alpha value is -1.53. The van der Waals surface area contributed by atoms with Crippen LogP contribution in [0.25, 0.3) is 0 Å². The van der Waals surface area contributed by atoms with Crippen LogP contribution in [0, 0.1) is 17.8 Å². The number of carbonyl (C=O) groups excluding carboxylic acids is 3. The molecule has 2 unspecified atom stereocenters. The topological polar surface area (TPSA) is 101 Å². The maximum absolute atomic E-state index is 12.3. The van der Waals surface area contributed by atoms with Gasteiger partial charge in [-0.2, -0.15) is 0 Å². The van der Waals surface area contributed by atoms with Crippen LogP contribution < -0.4 is 0 Å². The molecule has 0 heterocycles. The Kier molecular flexibility index (Phi) is 12.0. The van der Waals surface area contributed by atoms with Gasteiger partial charge in [0.2, 0.25) is 0 Å². The molecule has 5 atom stereocenters. The summed E-state index contributed by atoms with van der Waals surface area (Å²) >= 11 is 0. The van der Waals surface area contributed by atoms with E-state index in [1.54, 1.807) is 12.2 Å². The second kappa shape index (κ2) is 13.6. The lowest BCUT2D eigenvalue weighted by molar-refractivity contribution is -0.140. The van der Waals surface area contributed by atoms with Gasteiger partial charge in [0.1, 0.15) is 11.6 Å². The van der Waals surface area contributed by atoms with Gasteiger partial charge in [-0.15, -0.1) is 0 Å². The zero-order chi connectivity index (χ0) is 21.8. The van der Waals surface area contributed by atoms with Gasteiger partial charge in [-0.1, -0.05) is 45.3 Å². The zero-order valence-corrected chi connectivity index (χ0v) is 18.1. The molecule has 0 aliphatic heterocycles. The number of hydrogen-bond acceptors (Lipinski definition) is 6. The molecule has 0 spiro atoms. The molecular weight excluding hydrogens is 372 g/mol. The minimum Gasteiger partial charge on any atom is -0.469 e. The molecule has 29 heavy (non-hydrogen) atoms. The van der Waals surface area contributed by atoms with E-state index >= 15 is 0 Å². The summed E-state index contributed by atoms with van der Waals surface area (Å²) in [7, 11) is 1.33. The number of hydrogen-bond donors (Lipinski definition) is 2. The van der Waals surface area contributed by atoms with E-state index in [1.165, 1.54) is 7.11 Å². The molecule has 0 aromatic heterocycles. The molecule has 0 aromatic rings. The van der Waals surface area contributed by atoms with Crippen molar-refractivity contribution in [3.05, 3.63) is 12.2 Å². The molecule has 0 aromatic carbocycles. The number of methoxy groups -OCH3 is 1. The second-order valence-corrected chi connectivity index (χ2v) is 8.38. The molecule has 6 heteroatoms. The molecule has 1 rings (SSSR count). The predicted molar refractivity (Wildman–Crippen MR) is 111 cm³/mol. The molecule has 1 aliphatic rings. The SMILES string of the molecule is CCCC[C@H](C)CC(O)/C=C/[C@H]1C(O)CC(=O)[C@@H]1CC(=O)CCCCC(=O)OC. The first kappa shape index (κ1) is 25.5. The van der Waals surface area contributed by atoms with Gasteiger partial charge < -0.3 is 14.9 Å². The number of esters is 1. The molecule has 6 nitrogen and oxygen atoms in total. The lowest BCUT2D eigenvalue weighted by Gasteiger charge is -2.18. The summed E-state index contributed by atoms with van der Waals surface area (Å²) in [6, 6.07) is 0. The largest absolute Gasteiger partial charge is 0.469 e. The predicted octanol–water partition coefficient (Wildman–Crippen LogP) is 3.38. The van der Waals surface area contributed by atoms with Crippen molar-refractivity contribution in [2.75, 3.05) is 7.11 Å². The third kappa shape index (κ3) is 9.68. The number of aliphatic hydroxyl groups excluding tert-OH is 2. The zero-order valence-electron chi connectivity index (χ0n) is 18.1. The van der Waals surface area contributed by atoms with Crippen LogP contribution >= 0.6 is 0 Å². The Morgan fingerprint density at radius 3 is 2.59 bits per heavy atom. The number of ketones is 2. The lowest BCUT2D eigenvalue weighted by atomic mass is 9.87. The van der Waals surface area contributed by atoms with Gasteiger partial charge in [-0.3, -0.25) is 14.4 Å². The van der Waals surface area contributed by atoms with Gasteiger partial charge in [0.15, 0.2) is 0 Å². The van der Waals surface area contributed by atoms with E-state index in [0.29, 0.717) is 31.6 Å². The number of Topliss-reactive ketones (excluding diaryl/α,β-unsaturated/α-hetero) is 2. The van der Waals surface area contributed by atoms with Crippen LogP contribution in [0.4, 0.5) is 0 Å². The van der Waals surface area contributed by atoms with Crippen LogP contribution in [0.15, 0.2) is 12.2 Å². The fraction of sp³-hybridized carbons (Fsp3) is 0.783. The first-order valence-electron chi connectivity index (χ1n) is 10.9. The van der Waals surface area contributed by atoms with E-state index in [-0.39, 0.29) is 36.8 Å². The van der Waals surface area contributed by atoms with Crippen LogP contribution in [0.3, 0.4) is 0 Å². The number of unbranched alkanes of at least 4 members (excludes halogenated alkanes) is 2. The summed E-state index contributed by atoms with van der Waals surface area (Å²) < 4.78 is 4.57. The monoisotopic (exact) mass is 410 g/mol. The molecule has 1 fully saturated rings. The number of ether oxygens (including phenoxy) is 1. The van der Waals surface area contributed by atoms with Crippen LogP contribution in [-0.4, -0.2) is 47.1 Å². The van der Waals surface area contributed by atoms with Gasteiger partial charge in [0.05, 0.1) is 19.3 Å². The molecule has 166 valence electrons. The van der Waals surface area contributed by atoms with Gasteiger partial charge >= 0.3 is 5.97 Å². The highest BCUT2D eigenvalue weighted by atomic mass is 16.5. The summed E-state index contributed by atoms with van der Waals surface area (Å²) in [5, 5.41) is 20.5. The molecule has 2 N–H and O–H groups in total. The third-order valence-corrected chi connectivity index (χ3v) is 5.74. The average molecular weight is 411 g/mol. The summed E-state index contributed by atoms with van der Waals surface area (Å²) in [6.45, 7) is 4.25. The highest BCUT2D eigenvalue weighted by molar-refractivity contribution is 5.90. The number of aliphatic hydroxyl groups is 2. The van der Waals surface area contributed by atoms with E-state index in [9.17, 15) is 24.6 Å². The number of rotatable bonds is 14. The molecule has 0 saturated heterocycles. The van der Waals surface area contributed by atoms with E-state index in [2.05, 4.69) is 18.6 Å². The summed E-state index contributed by atoms with van der Waals surface area (Å²) in [5.74, 6) is -0.970. The number of carbonyl (C=O) groups is 3. The summed E-state index contributed by atoms with van der Waals surface area (Å²) in [4.78, 5) is 35.6. The average Bonchev–Trinajstić information content (AvgIpc) is 2.94. The standard InChI is InChI=1S/C23H38O6/c1-4-5-8-16(2)13-18(25)11-12-19-20(22(27)15-21(19)26)14-17(24)9-6-7-10-23(28)29-3/h11-12,16,18-21,25-26H,4-10,13-15H2,1-3H3/b12-11+/t16-,18?,19+,20+,21?/m0/s1. The Balaban J connectivity index is 2.52. The highest BCUT2D eigenvalue weighted by Gasteiger charge is 2.40. The Morgan fingerprint density at radius 1 is 1.24 bits per heavy atom. The van der Waals surface area contributed by atoms with Crippen molar-refractivity contribution in [3.63, 3.8) is 0 Å². The fourth-order valence-electron chi connectivity index (χ4n) is 3.95. The van der Waals surface area contributed by atoms with E-state index in [4.69, 9.17) is 0 Å². The quantitative estimate of drug-likeness (QED) is 0.259. The van der Waals surface area contributed by atoms with Gasteiger partial charge in [-0.05, 0) is 25.2 Å². The highest BCUT2D eigenvalue weighted by Crippen LogP contribution is 2.34. The van der Waals surface area contributed by atoms with Crippen molar-refractivity contribution < 1.29 is 29.3 Å². The van der Waals surface area contributed by atoms with Crippen molar-refractivity contribution in [2.24, 2.45) is 17.8 Å². The fourth-order valence-corrected chi connectivity index (χ4v) is 3.95. The lowest BCUT2D eigenvalue weighted by Crippen LogP contribution is -2.22. The molecule has 1 saturated carbocycles. The molecule has 0 radical (unpaired) electrons. The van der Waals surface area contributed by atoms with Crippen molar-refractivity contribution in [3.8, 4) is 0 Å². The molecule has 1 aliphatic carbocycles. The maximum atomic E-state index is 12.3. The van der Waals surface area contributed by atoms with Gasteiger partial charge in [0.25, 0.3) is 0 Å². The minimum atomic E-state index is -0.805. The van der Waals surface area contributed by atoms with Gasteiger partial charge in [0, 0.05) is 37.5 Å². The molecule has 0 amide bonds. The van der Waals surface area contributed by atoms with Crippen molar-refractivity contribution in [1.82, 2.24) is 0 Å². The summed E-state index contributed by atoms with van der Waals surface area (Å²) in [5.41, 5.74) is 0. The van der Waals surface area contributed by atoms with E-state index in [0.717, 1.165) is 19.3 Å². The Morgan fingerprint density at radius 2 is 1.93 bits per heavy atom. The minimum absolute atomic E-state index is 0.0329. The van der Waals surface area contributed by atoms with Crippen LogP contribution in [-0.2, 0) is 19.1 Å². The second-order valence-electron chi connectivity index (χ2n) is 8.38. The van der Waals surface area contributed by atoms with Crippen molar-refractivity contribution in [2.45, 2.75) is 90.3 Å². The molecular formula is C23H38O6. The maximum Gasteiger partial charge on any atom is 0.305 e. The molecule has 0 bridgehead atoms. The first-order valence-corrected chi connectivity index (χ1v) is 10.9. The first-order chi connectivity index (χ1) is 13.8. The third-order valence-electron chi connectivity index (χ3n) is 5.74.